The van der Waals surface area contributed by atoms with Gasteiger partial charge in [-0.1, -0.05) is 31.9 Å². The molecule has 764 valence electrons. The summed E-state index contributed by atoms with van der Waals surface area (Å²) in [5.74, 6) is -2.14. The molecular formula is C95H171N15O23. The number of rotatable bonds is 58. The molecule has 0 aliphatic carbocycles. The lowest BCUT2D eigenvalue weighted by Crippen LogP contribution is -2.49. The molecule has 1 aromatic carbocycles. The van der Waals surface area contributed by atoms with Crippen molar-refractivity contribution in [2.45, 2.75) is 408 Å². The fourth-order valence-electron chi connectivity index (χ4n) is 12.7. The van der Waals surface area contributed by atoms with Gasteiger partial charge in [-0.05, 0) is 338 Å². The van der Waals surface area contributed by atoms with Crippen LogP contribution in [-0.2, 0) is 73.1 Å². The summed E-state index contributed by atoms with van der Waals surface area (Å²) in [5, 5.41) is 38.9. The second-order valence-corrected chi connectivity index (χ2v) is 41.3. The predicted octanol–water partition coefficient (Wildman–Crippen LogP) is 13.0. The maximum Gasteiger partial charge on any atom is 0.408 e. The van der Waals surface area contributed by atoms with E-state index in [1.807, 2.05) is 12.1 Å². The van der Waals surface area contributed by atoms with Crippen LogP contribution < -0.4 is 79.2 Å². The fourth-order valence-corrected chi connectivity index (χ4v) is 12.7. The van der Waals surface area contributed by atoms with Gasteiger partial charge in [-0.3, -0.25) is 33.7 Å². The molecule has 0 bridgehead atoms. The van der Waals surface area contributed by atoms with Crippen molar-refractivity contribution in [3.8, 4) is 5.75 Å². The lowest BCUT2D eigenvalue weighted by molar-refractivity contribution is -0.124. The molecule has 14 amide bonds. The maximum absolute atomic E-state index is 14.1. The van der Waals surface area contributed by atoms with Gasteiger partial charge >= 0.3 is 48.7 Å². The molecule has 133 heavy (non-hydrogen) atoms. The first-order valence-electron chi connectivity index (χ1n) is 47.7. The number of unbranched alkanes of at least 4 members (excludes halogenated alkanes) is 8. The molecule has 38 heteroatoms. The first-order valence-corrected chi connectivity index (χ1v) is 47.7. The maximum atomic E-state index is 14.1. The third-order valence-corrected chi connectivity index (χ3v) is 18.7. The lowest BCUT2D eigenvalue weighted by atomic mass is 10.1. The van der Waals surface area contributed by atoms with E-state index in [4.69, 9.17) is 42.6 Å². The van der Waals surface area contributed by atoms with E-state index in [0.29, 0.717) is 122 Å². The van der Waals surface area contributed by atoms with Gasteiger partial charge in [0.25, 0.3) is 0 Å². The zero-order valence-corrected chi connectivity index (χ0v) is 85.1. The molecular weight excluding hydrogens is 1720 g/mol. The summed E-state index contributed by atoms with van der Waals surface area (Å²) >= 11 is 0. The smallest absolute Gasteiger partial charge is 0.408 e. The van der Waals surface area contributed by atoms with Gasteiger partial charge in [0.05, 0.1) is 0 Å². The Morgan fingerprint density at radius 1 is 0.248 bits per heavy atom. The third kappa shape index (κ3) is 67.7. The summed E-state index contributed by atoms with van der Waals surface area (Å²) in [4.78, 5) is 188. The van der Waals surface area contributed by atoms with Gasteiger partial charge in [0.1, 0.15) is 93.4 Å². The number of nitrogens with zero attached hydrogens (tertiary/aromatic N) is 1. The van der Waals surface area contributed by atoms with Crippen LogP contribution in [0.5, 0.6) is 5.75 Å². The number of hydrogen-bond donors (Lipinski definition) is 14. The van der Waals surface area contributed by atoms with Crippen molar-refractivity contribution in [2.24, 2.45) is 0 Å². The van der Waals surface area contributed by atoms with Crippen LogP contribution in [0, 0.1) is 0 Å². The van der Waals surface area contributed by atoms with Crippen molar-refractivity contribution >= 4 is 84.2 Å². The van der Waals surface area contributed by atoms with Crippen LogP contribution in [0.15, 0.2) is 24.3 Å². The normalized spacial score (nSPS) is 13.3. The minimum Gasteiger partial charge on any atom is -0.492 e. The van der Waals surface area contributed by atoms with Gasteiger partial charge in [0, 0.05) is 58.9 Å². The van der Waals surface area contributed by atoms with Crippen LogP contribution in [0.4, 0.5) is 38.4 Å². The molecule has 0 aromatic heterocycles. The summed E-state index contributed by atoms with van der Waals surface area (Å²) in [7, 11) is 0. The first-order chi connectivity index (χ1) is 61.7. The second-order valence-electron chi connectivity index (χ2n) is 41.3. The summed E-state index contributed by atoms with van der Waals surface area (Å²) in [6.45, 7) is 46.6. The summed E-state index contributed by atoms with van der Waals surface area (Å²) in [6.07, 6.45) is 5.27. The molecule has 0 saturated heterocycles. The number of ether oxygens (including phenoxy) is 9. The molecule has 6 atom stereocenters. The van der Waals surface area contributed by atoms with Crippen molar-refractivity contribution in [3.63, 3.8) is 0 Å². The van der Waals surface area contributed by atoms with Crippen LogP contribution in [0.25, 0.3) is 0 Å². The van der Waals surface area contributed by atoms with Crippen LogP contribution in [0.2, 0.25) is 0 Å². The van der Waals surface area contributed by atoms with Crippen LogP contribution in [-0.4, -0.2) is 249 Å². The van der Waals surface area contributed by atoms with Crippen molar-refractivity contribution in [2.75, 3.05) is 78.6 Å². The quantitative estimate of drug-likeness (QED) is 0.0213. The zero-order chi connectivity index (χ0) is 101. The van der Waals surface area contributed by atoms with Gasteiger partial charge in [-0.15, -0.1) is 0 Å². The fraction of sp³-hybridized carbons (Fsp3) is 0.789. The van der Waals surface area contributed by atoms with Gasteiger partial charge in [0.2, 0.25) is 35.4 Å². The Balaban J connectivity index is 3.26. The molecule has 0 aliphatic heterocycles. The van der Waals surface area contributed by atoms with E-state index in [-0.39, 0.29) is 90.9 Å². The van der Waals surface area contributed by atoms with E-state index in [0.717, 1.165) is 25.7 Å². The highest BCUT2D eigenvalue weighted by atomic mass is 16.6. The number of hydrogen-bond acceptors (Lipinski definition) is 24. The molecule has 0 fully saturated rings. The van der Waals surface area contributed by atoms with E-state index in [1.165, 1.54) is 5.56 Å². The third-order valence-electron chi connectivity index (χ3n) is 18.7. The van der Waals surface area contributed by atoms with Crippen LogP contribution in [0.1, 0.15) is 326 Å². The number of nitrogens with one attached hydrogen (secondary N) is 14. The van der Waals surface area contributed by atoms with E-state index < -0.39 is 165 Å². The Hall–Kier alpha value is -10.0. The molecule has 38 nitrogen and oxygen atoms in total. The summed E-state index contributed by atoms with van der Waals surface area (Å²) in [5.41, 5.74) is -5.31. The lowest BCUT2D eigenvalue weighted by Gasteiger charge is -2.25. The summed E-state index contributed by atoms with van der Waals surface area (Å²) in [6, 6.07) is 1.95. The average molecular weight is 1890 g/mol. The highest BCUT2D eigenvalue weighted by Gasteiger charge is 2.33. The Labute approximate surface area is 792 Å². The molecule has 0 heterocycles. The molecule has 0 unspecified atom stereocenters. The Morgan fingerprint density at radius 2 is 0.451 bits per heavy atom. The van der Waals surface area contributed by atoms with E-state index in [1.54, 1.807) is 166 Å². The number of carbonyl (C=O) groups is 14. The van der Waals surface area contributed by atoms with Gasteiger partial charge in [0.15, 0.2) is 0 Å². The monoisotopic (exact) mass is 1890 g/mol. The van der Waals surface area contributed by atoms with Crippen molar-refractivity contribution < 1.29 is 110 Å². The number of amides is 14. The number of carbonyl (C=O) groups excluding carboxylic acids is 14. The first kappa shape index (κ1) is 121. The largest absolute Gasteiger partial charge is 0.492 e. The molecule has 0 radical (unpaired) electrons. The number of benzene rings is 1. The highest BCUT2D eigenvalue weighted by Crippen LogP contribution is 2.20. The van der Waals surface area contributed by atoms with Gasteiger partial charge in [-0.25, -0.2) is 38.4 Å². The predicted molar refractivity (Wildman–Crippen MR) is 509 cm³/mol. The topological polar surface area (TPSA) is 494 Å². The highest BCUT2D eigenvalue weighted by molar-refractivity contribution is 5.89. The Kier molecular flexibility index (Phi) is 56.2. The minimum absolute atomic E-state index is 0.135. The molecule has 1 aromatic rings. The van der Waals surface area contributed by atoms with Crippen molar-refractivity contribution in [3.05, 3.63) is 29.8 Å². The van der Waals surface area contributed by atoms with Crippen molar-refractivity contribution in [1.29, 1.82) is 0 Å². The van der Waals surface area contributed by atoms with Crippen LogP contribution >= 0.6 is 0 Å². The Morgan fingerprint density at radius 3 is 0.662 bits per heavy atom. The van der Waals surface area contributed by atoms with Gasteiger partial charge in [-0.2, -0.15) is 0 Å². The van der Waals surface area contributed by atoms with Gasteiger partial charge < -0.3 is 117 Å². The molecule has 14 N–H and O–H groups in total. The van der Waals surface area contributed by atoms with E-state index in [2.05, 4.69) is 98.4 Å². The van der Waals surface area contributed by atoms with E-state index >= 15 is 0 Å². The average Bonchev–Trinajstić information content (AvgIpc) is 0.907. The number of alkyl carbamates (subject to hydrolysis) is 8. The zero-order valence-electron chi connectivity index (χ0n) is 85.1. The molecule has 0 saturated carbocycles. The minimum atomic E-state index is -1.04. The molecule has 1 rings (SSSR count). The standard InChI is InChI=1S/C95H171N15O23/c1-26-27-28-43-66-50-52-67(53-51-66)125-65-64-110(62-41-60-100-78(115)72(108-86(123)132-94(20,21)22)46-31-37-56-96-74(111)68(104-82(119)128-90(8,9)10)44-29-35-54-98-76(113)70(106-84(121)130-92(14,15)16)48-33-39-58-102-80(117)126-88(2,3)4)63-42-61-101-79(116)73(109-87(124)133-95(23,24)25)47-32-38-57-97-75(112)69(105-83(120)129-91(11,12)13)45-30-36-55-99-77(114)71(107-85(122)131-93(17,18)19)49-34-40-59-103-81(118)127-89(5,6)7/h50-53,68-73H,26-49,54-65H2,1-25H3,(H,96,111)(H,97,112)(H,98,113)(H,99,114)(H,100,115)(H,101,116)(H,102,117)(H,103,118)(H,104,119)(H,105,120)(H,106,121)(H,107,122)(H,108,123)(H,109,124)/t68-,69-,70-,71-,72-,73-/m0/s1. The van der Waals surface area contributed by atoms with Crippen molar-refractivity contribution in [1.82, 2.24) is 79.3 Å². The van der Waals surface area contributed by atoms with Crippen LogP contribution in [0.3, 0.4) is 0 Å². The summed E-state index contributed by atoms with van der Waals surface area (Å²) < 4.78 is 49.8. The SMILES string of the molecule is CCCCCc1ccc(OCCN(CCCNC(=O)[C@H](CCCCNC(=O)[C@H](CCCCNC(=O)[C@H](CCCCNC(=O)OC(C)(C)C)NC(=O)OC(C)(C)C)NC(=O)OC(C)(C)C)NC(=O)OC(C)(C)C)CCCNC(=O)[C@H](CCCCNC(=O)[C@H](CCCCNC(=O)[C@H](CCCCNC(=O)OC(C)(C)C)NC(=O)OC(C)(C)C)NC(=O)OC(C)(C)C)NC(=O)OC(C)(C)C)cc1. The second kappa shape index (κ2) is 61.8. The Bertz CT molecular complexity index is 3460. The molecule has 0 spiro atoms. The molecule has 0 aliphatic rings. The van der Waals surface area contributed by atoms with E-state index in [9.17, 15) is 67.1 Å². The number of aryl methyl sites for hydroxylation is 1.